The molecule has 0 spiro atoms. The highest BCUT2D eigenvalue weighted by atomic mass is 35.5. The molecule has 3 heteroatoms. The first-order valence-corrected chi connectivity index (χ1v) is 5.64. The van der Waals surface area contributed by atoms with Crippen LogP contribution < -0.4 is 0 Å². The second-order valence-electron chi connectivity index (χ2n) is 3.68. The van der Waals surface area contributed by atoms with Crippen molar-refractivity contribution in [2.45, 2.75) is 38.7 Å². The van der Waals surface area contributed by atoms with E-state index in [1.165, 1.54) is 6.07 Å². The predicted molar refractivity (Wildman–Crippen MR) is 60.6 cm³/mol. The van der Waals surface area contributed by atoms with Crippen LogP contribution in [0.25, 0.3) is 0 Å². The summed E-state index contributed by atoms with van der Waals surface area (Å²) in [6.07, 6.45) is 2.39. The minimum Gasteiger partial charge on any atom is -0.393 e. The van der Waals surface area contributed by atoms with Gasteiger partial charge in [0.25, 0.3) is 0 Å². The van der Waals surface area contributed by atoms with Crippen molar-refractivity contribution in [1.82, 2.24) is 0 Å². The molecule has 84 valence electrons. The Morgan fingerprint density at radius 2 is 2.13 bits per heavy atom. The van der Waals surface area contributed by atoms with Gasteiger partial charge < -0.3 is 5.11 Å². The Morgan fingerprint density at radius 3 is 2.73 bits per heavy atom. The van der Waals surface area contributed by atoms with E-state index in [0.29, 0.717) is 23.4 Å². The fraction of sp³-hybridized carbons (Fsp3) is 0.500. The molecule has 0 aliphatic rings. The topological polar surface area (TPSA) is 20.2 Å². The highest BCUT2D eigenvalue weighted by molar-refractivity contribution is 6.31. The predicted octanol–water partition coefficient (Wildman–Crippen LogP) is 3.57. The summed E-state index contributed by atoms with van der Waals surface area (Å²) in [5.74, 6) is -0.286. The number of aliphatic hydroxyl groups is 1. The summed E-state index contributed by atoms with van der Waals surface area (Å²) in [5.41, 5.74) is 0.509. The van der Waals surface area contributed by atoms with Crippen LogP contribution in [0.15, 0.2) is 18.2 Å². The summed E-state index contributed by atoms with van der Waals surface area (Å²) in [5, 5.41) is 9.97. The van der Waals surface area contributed by atoms with Gasteiger partial charge in [-0.3, -0.25) is 0 Å². The zero-order chi connectivity index (χ0) is 11.3. The second-order valence-corrected chi connectivity index (χ2v) is 4.09. The second kappa shape index (κ2) is 6.09. The molecule has 0 heterocycles. The van der Waals surface area contributed by atoms with E-state index in [0.717, 1.165) is 12.8 Å². The lowest BCUT2D eigenvalue weighted by Crippen LogP contribution is -2.08. The average molecular weight is 231 g/mol. The van der Waals surface area contributed by atoms with Crippen molar-refractivity contribution in [2.24, 2.45) is 0 Å². The van der Waals surface area contributed by atoms with Crippen LogP contribution >= 0.6 is 11.6 Å². The largest absolute Gasteiger partial charge is 0.393 e. The van der Waals surface area contributed by atoms with Gasteiger partial charge in [-0.2, -0.15) is 0 Å². The maximum atomic E-state index is 13.3. The lowest BCUT2D eigenvalue weighted by molar-refractivity contribution is 0.153. The van der Waals surface area contributed by atoms with Crippen molar-refractivity contribution in [1.29, 1.82) is 0 Å². The summed E-state index contributed by atoms with van der Waals surface area (Å²) in [6, 6.07) is 4.66. The average Bonchev–Trinajstić information content (AvgIpc) is 2.17. The summed E-state index contributed by atoms with van der Waals surface area (Å²) in [7, 11) is 0. The lowest BCUT2D eigenvalue weighted by Gasteiger charge is -2.10. The summed E-state index contributed by atoms with van der Waals surface area (Å²) < 4.78 is 13.3. The molecule has 0 radical (unpaired) electrons. The molecule has 1 N–H and O–H groups in total. The number of hydrogen-bond donors (Lipinski definition) is 1. The molecule has 1 atom stereocenters. The fourth-order valence-corrected chi connectivity index (χ4v) is 1.82. The Kier molecular flexibility index (Phi) is 5.06. The molecule has 0 aromatic heterocycles. The standard InChI is InChI=1S/C12H16ClFO/c1-2-4-9(15)7-8-10-11(13)5-3-6-12(10)14/h3,5-6,9,15H,2,4,7-8H2,1H3. The summed E-state index contributed by atoms with van der Waals surface area (Å²) >= 11 is 5.87. The van der Waals surface area contributed by atoms with E-state index >= 15 is 0 Å². The van der Waals surface area contributed by atoms with Crippen LogP contribution in [-0.4, -0.2) is 11.2 Å². The van der Waals surface area contributed by atoms with Gasteiger partial charge >= 0.3 is 0 Å². The van der Waals surface area contributed by atoms with E-state index in [1.54, 1.807) is 12.1 Å². The molecule has 0 amide bonds. The monoisotopic (exact) mass is 230 g/mol. The first-order chi connectivity index (χ1) is 7.15. The Morgan fingerprint density at radius 1 is 1.40 bits per heavy atom. The van der Waals surface area contributed by atoms with Gasteiger partial charge in [-0.15, -0.1) is 0 Å². The van der Waals surface area contributed by atoms with Crippen molar-refractivity contribution in [3.63, 3.8) is 0 Å². The number of halogens is 2. The number of hydrogen-bond acceptors (Lipinski definition) is 1. The first kappa shape index (κ1) is 12.5. The molecule has 0 saturated heterocycles. The highest BCUT2D eigenvalue weighted by Gasteiger charge is 2.09. The van der Waals surface area contributed by atoms with Crippen LogP contribution in [0.4, 0.5) is 4.39 Å². The third-order valence-electron chi connectivity index (χ3n) is 2.41. The van der Waals surface area contributed by atoms with Crippen LogP contribution in [0, 0.1) is 5.82 Å². The van der Waals surface area contributed by atoms with Gasteiger partial charge in [-0.1, -0.05) is 31.0 Å². The van der Waals surface area contributed by atoms with E-state index < -0.39 is 0 Å². The van der Waals surface area contributed by atoms with Crippen LogP contribution in [0.5, 0.6) is 0 Å². The minimum atomic E-state index is -0.356. The molecule has 0 fully saturated rings. The summed E-state index contributed by atoms with van der Waals surface area (Å²) in [6.45, 7) is 2.01. The van der Waals surface area contributed by atoms with Crippen molar-refractivity contribution in [3.05, 3.63) is 34.6 Å². The quantitative estimate of drug-likeness (QED) is 0.820. The van der Waals surface area contributed by atoms with Gasteiger partial charge in [0.15, 0.2) is 0 Å². The van der Waals surface area contributed by atoms with Crippen LogP contribution in [-0.2, 0) is 6.42 Å². The van der Waals surface area contributed by atoms with Gasteiger partial charge in [0.1, 0.15) is 5.82 Å². The van der Waals surface area contributed by atoms with Gasteiger partial charge in [0, 0.05) is 10.6 Å². The third-order valence-corrected chi connectivity index (χ3v) is 2.77. The molecule has 1 unspecified atom stereocenters. The van der Waals surface area contributed by atoms with Crippen LogP contribution in [0.1, 0.15) is 31.7 Å². The Balaban J connectivity index is 2.57. The SMILES string of the molecule is CCCC(O)CCc1c(F)cccc1Cl. The zero-order valence-electron chi connectivity index (χ0n) is 8.84. The van der Waals surface area contributed by atoms with Gasteiger partial charge in [-0.25, -0.2) is 4.39 Å². The maximum Gasteiger partial charge on any atom is 0.127 e. The lowest BCUT2D eigenvalue weighted by atomic mass is 10.0. The third kappa shape index (κ3) is 3.80. The molecule has 0 aliphatic heterocycles. The van der Waals surface area contributed by atoms with Crippen LogP contribution in [0.3, 0.4) is 0 Å². The Labute approximate surface area is 94.9 Å². The number of aliphatic hydroxyl groups excluding tert-OH is 1. The Bertz CT molecular complexity index is 294. The molecule has 1 aromatic carbocycles. The minimum absolute atomic E-state index is 0.286. The van der Waals surface area contributed by atoms with Crippen LogP contribution in [0.2, 0.25) is 5.02 Å². The first-order valence-electron chi connectivity index (χ1n) is 5.26. The number of rotatable bonds is 5. The zero-order valence-corrected chi connectivity index (χ0v) is 9.60. The normalized spacial score (nSPS) is 12.8. The van der Waals surface area contributed by atoms with Gasteiger partial charge in [-0.05, 0) is 31.4 Å². The molecular formula is C12H16ClFO. The van der Waals surface area contributed by atoms with Crippen molar-refractivity contribution in [3.8, 4) is 0 Å². The van der Waals surface area contributed by atoms with E-state index in [9.17, 15) is 9.50 Å². The molecule has 0 aliphatic carbocycles. The van der Waals surface area contributed by atoms with Gasteiger partial charge in [0.2, 0.25) is 0 Å². The molecule has 0 bridgehead atoms. The van der Waals surface area contributed by atoms with E-state index in [4.69, 9.17) is 11.6 Å². The van der Waals surface area contributed by atoms with Crippen molar-refractivity contribution in [2.75, 3.05) is 0 Å². The maximum absolute atomic E-state index is 13.3. The molecule has 0 saturated carbocycles. The van der Waals surface area contributed by atoms with Crippen molar-refractivity contribution < 1.29 is 9.50 Å². The van der Waals surface area contributed by atoms with Gasteiger partial charge in [0.05, 0.1) is 6.10 Å². The van der Waals surface area contributed by atoms with E-state index in [2.05, 4.69) is 0 Å². The molecule has 15 heavy (non-hydrogen) atoms. The van der Waals surface area contributed by atoms with Crippen molar-refractivity contribution >= 4 is 11.6 Å². The van der Waals surface area contributed by atoms with E-state index in [1.807, 2.05) is 6.92 Å². The Hall–Kier alpha value is -0.600. The molecular weight excluding hydrogens is 215 g/mol. The summed E-state index contributed by atoms with van der Waals surface area (Å²) in [4.78, 5) is 0. The molecule has 1 rings (SSSR count). The smallest absolute Gasteiger partial charge is 0.127 e. The highest BCUT2D eigenvalue weighted by Crippen LogP contribution is 2.21. The number of benzene rings is 1. The molecule has 1 nitrogen and oxygen atoms in total. The van der Waals surface area contributed by atoms with E-state index in [-0.39, 0.29) is 11.9 Å². The fourth-order valence-electron chi connectivity index (χ4n) is 1.56. The molecule has 1 aromatic rings.